The van der Waals surface area contributed by atoms with Gasteiger partial charge < -0.3 is 15.0 Å². The minimum atomic E-state index is 0.304. The molecule has 2 heterocycles. The molecular weight excluding hydrogens is 216 g/mol. The molecular formula is C13H24N2O2. The molecule has 1 atom stereocenters. The van der Waals surface area contributed by atoms with Crippen LogP contribution in [0.25, 0.3) is 0 Å². The molecule has 1 N–H and O–H groups in total. The van der Waals surface area contributed by atoms with Crippen LogP contribution in [0.2, 0.25) is 0 Å². The molecule has 0 spiro atoms. The molecule has 2 aliphatic heterocycles. The molecule has 98 valence electrons. The van der Waals surface area contributed by atoms with Crippen molar-refractivity contribution in [1.82, 2.24) is 10.2 Å². The number of rotatable bonds is 3. The molecule has 0 aromatic rings. The second kappa shape index (κ2) is 6.36. The number of hydrogen-bond donors (Lipinski definition) is 1. The average molecular weight is 240 g/mol. The molecule has 0 radical (unpaired) electrons. The van der Waals surface area contributed by atoms with Crippen LogP contribution in [0.5, 0.6) is 0 Å². The lowest BCUT2D eigenvalue weighted by atomic mass is 9.93. The van der Waals surface area contributed by atoms with E-state index in [1.54, 1.807) is 0 Å². The Labute approximate surface area is 104 Å². The number of morpholine rings is 1. The van der Waals surface area contributed by atoms with Crippen LogP contribution in [0.1, 0.15) is 32.6 Å². The van der Waals surface area contributed by atoms with Crippen molar-refractivity contribution in [3.05, 3.63) is 0 Å². The summed E-state index contributed by atoms with van der Waals surface area (Å²) in [4.78, 5) is 14.3. The maximum absolute atomic E-state index is 12.3. The Bertz CT molecular complexity index is 252. The van der Waals surface area contributed by atoms with Crippen molar-refractivity contribution in [2.45, 2.75) is 38.6 Å². The third-order valence-electron chi connectivity index (χ3n) is 3.94. The Kier molecular flexibility index (Phi) is 4.80. The fourth-order valence-electron chi connectivity index (χ4n) is 2.77. The number of piperidine rings is 1. The van der Waals surface area contributed by atoms with Gasteiger partial charge in [-0.3, -0.25) is 4.79 Å². The Morgan fingerprint density at radius 3 is 2.88 bits per heavy atom. The van der Waals surface area contributed by atoms with Crippen LogP contribution >= 0.6 is 0 Å². The minimum absolute atomic E-state index is 0.304. The first kappa shape index (κ1) is 12.8. The van der Waals surface area contributed by atoms with Crippen molar-refractivity contribution in [3.63, 3.8) is 0 Å². The van der Waals surface area contributed by atoms with Crippen LogP contribution < -0.4 is 5.32 Å². The minimum Gasteiger partial charge on any atom is -0.377 e. The lowest BCUT2D eigenvalue weighted by Gasteiger charge is -2.36. The van der Waals surface area contributed by atoms with Crippen LogP contribution in [0.15, 0.2) is 0 Å². The van der Waals surface area contributed by atoms with Gasteiger partial charge >= 0.3 is 0 Å². The number of hydrogen-bond acceptors (Lipinski definition) is 3. The summed E-state index contributed by atoms with van der Waals surface area (Å²) in [7, 11) is 0. The molecule has 0 aromatic heterocycles. The van der Waals surface area contributed by atoms with Crippen LogP contribution in [0.3, 0.4) is 0 Å². The molecule has 0 aromatic carbocycles. The molecule has 4 heteroatoms. The monoisotopic (exact) mass is 240 g/mol. The van der Waals surface area contributed by atoms with Crippen molar-refractivity contribution in [2.24, 2.45) is 5.92 Å². The first-order valence-electron chi connectivity index (χ1n) is 6.89. The Morgan fingerprint density at radius 2 is 2.18 bits per heavy atom. The van der Waals surface area contributed by atoms with E-state index in [0.717, 1.165) is 45.3 Å². The van der Waals surface area contributed by atoms with E-state index in [1.165, 1.54) is 0 Å². The topological polar surface area (TPSA) is 41.6 Å². The standard InChI is InChI=1S/C13H24N2O2/c1-2-12-10-17-8-7-15(12)13(16)9-11-3-5-14-6-4-11/h11-12,14H,2-10H2,1H3. The molecule has 0 saturated carbocycles. The molecule has 0 bridgehead atoms. The zero-order valence-electron chi connectivity index (χ0n) is 10.8. The number of ether oxygens (including phenoxy) is 1. The summed E-state index contributed by atoms with van der Waals surface area (Å²) in [5, 5.41) is 3.34. The third-order valence-corrected chi connectivity index (χ3v) is 3.94. The van der Waals surface area contributed by atoms with Gasteiger partial charge in [-0.2, -0.15) is 0 Å². The molecule has 1 unspecified atom stereocenters. The van der Waals surface area contributed by atoms with Gasteiger partial charge in [0.1, 0.15) is 0 Å². The van der Waals surface area contributed by atoms with Gasteiger partial charge in [-0.15, -0.1) is 0 Å². The molecule has 1 amide bonds. The summed E-state index contributed by atoms with van der Waals surface area (Å²) in [6.45, 7) is 6.46. The molecule has 2 aliphatic rings. The SMILES string of the molecule is CCC1COCCN1C(=O)CC1CCNCC1. The highest BCUT2D eigenvalue weighted by Crippen LogP contribution is 2.19. The van der Waals surface area contributed by atoms with Gasteiger partial charge in [-0.25, -0.2) is 0 Å². The molecule has 17 heavy (non-hydrogen) atoms. The molecule has 0 aliphatic carbocycles. The van der Waals surface area contributed by atoms with Crippen LogP contribution in [-0.2, 0) is 9.53 Å². The molecule has 2 saturated heterocycles. The Hall–Kier alpha value is -0.610. The van der Waals surface area contributed by atoms with Crippen molar-refractivity contribution in [2.75, 3.05) is 32.8 Å². The van der Waals surface area contributed by atoms with Gasteiger partial charge in [-0.1, -0.05) is 6.92 Å². The Balaban J connectivity index is 1.84. The summed E-state index contributed by atoms with van der Waals surface area (Å²) in [6, 6.07) is 0.304. The van der Waals surface area contributed by atoms with Gasteiger partial charge in [-0.05, 0) is 38.3 Å². The summed E-state index contributed by atoms with van der Waals surface area (Å²) in [6.07, 6.45) is 4.02. The molecule has 2 fully saturated rings. The lowest BCUT2D eigenvalue weighted by Crippen LogP contribution is -2.49. The van der Waals surface area contributed by atoms with Gasteiger partial charge in [0.15, 0.2) is 0 Å². The maximum atomic E-state index is 12.3. The van der Waals surface area contributed by atoms with E-state index in [1.807, 2.05) is 4.90 Å². The van der Waals surface area contributed by atoms with E-state index in [-0.39, 0.29) is 0 Å². The lowest BCUT2D eigenvalue weighted by molar-refractivity contribution is -0.141. The van der Waals surface area contributed by atoms with E-state index >= 15 is 0 Å². The summed E-state index contributed by atoms with van der Waals surface area (Å²) >= 11 is 0. The van der Waals surface area contributed by atoms with Crippen molar-refractivity contribution >= 4 is 5.91 Å². The van der Waals surface area contributed by atoms with E-state index < -0.39 is 0 Å². The third kappa shape index (κ3) is 3.42. The number of carbonyl (C=O) groups excluding carboxylic acids is 1. The smallest absolute Gasteiger partial charge is 0.223 e. The van der Waals surface area contributed by atoms with Crippen LogP contribution in [0, 0.1) is 5.92 Å². The van der Waals surface area contributed by atoms with Crippen LogP contribution in [-0.4, -0.2) is 49.7 Å². The zero-order chi connectivity index (χ0) is 12.1. The average Bonchev–Trinajstić information content (AvgIpc) is 2.40. The fourth-order valence-corrected chi connectivity index (χ4v) is 2.77. The predicted octanol–water partition coefficient (Wildman–Crippen LogP) is 1.01. The van der Waals surface area contributed by atoms with Gasteiger partial charge in [0, 0.05) is 13.0 Å². The number of amides is 1. The fraction of sp³-hybridized carbons (Fsp3) is 0.923. The number of carbonyl (C=O) groups is 1. The quantitative estimate of drug-likeness (QED) is 0.800. The Morgan fingerprint density at radius 1 is 1.41 bits per heavy atom. The van der Waals surface area contributed by atoms with Crippen LogP contribution in [0.4, 0.5) is 0 Å². The maximum Gasteiger partial charge on any atom is 0.223 e. The first-order chi connectivity index (χ1) is 8.31. The zero-order valence-corrected chi connectivity index (χ0v) is 10.8. The predicted molar refractivity (Wildman–Crippen MR) is 66.8 cm³/mol. The van der Waals surface area contributed by atoms with Gasteiger partial charge in [0.05, 0.1) is 19.3 Å². The molecule has 4 nitrogen and oxygen atoms in total. The highest BCUT2D eigenvalue weighted by molar-refractivity contribution is 5.77. The van der Waals surface area contributed by atoms with Gasteiger partial charge in [0.25, 0.3) is 0 Å². The number of nitrogens with zero attached hydrogens (tertiary/aromatic N) is 1. The van der Waals surface area contributed by atoms with E-state index in [0.29, 0.717) is 31.1 Å². The summed E-state index contributed by atoms with van der Waals surface area (Å²) in [5.74, 6) is 0.927. The van der Waals surface area contributed by atoms with E-state index in [4.69, 9.17) is 4.74 Å². The number of nitrogens with one attached hydrogen (secondary N) is 1. The normalized spacial score (nSPS) is 27.1. The second-order valence-electron chi connectivity index (χ2n) is 5.12. The first-order valence-corrected chi connectivity index (χ1v) is 6.89. The van der Waals surface area contributed by atoms with Crippen molar-refractivity contribution < 1.29 is 9.53 Å². The highest BCUT2D eigenvalue weighted by Gasteiger charge is 2.27. The van der Waals surface area contributed by atoms with Crippen molar-refractivity contribution in [3.8, 4) is 0 Å². The summed E-state index contributed by atoms with van der Waals surface area (Å²) in [5.41, 5.74) is 0. The largest absolute Gasteiger partial charge is 0.377 e. The van der Waals surface area contributed by atoms with E-state index in [2.05, 4.69) is 12.2 Å². The summed E-state index contributed by atoms with van der Waals surface area (Å²) < 4.78 is 5.44. The highest BCUT2D eigenvalue weighted by atomic mass is 16.5. The van der Waals surface area contributed by atoms with Gasteiger partial charge in [0.2, 0.25) is 5.91 Å². The van der Waals surface area contributed by atoms with Crippen molar-refractivity contribution in [1.29, 1.82) is 0 Å². The second-order valence-corrected chi connectivity index (χ2v) is 5.12. The van der Waals surface area contributed by atoms with E-state index in [9.17, 15) is 4.79 Å². The molecule has 2 rings (SSSR count).